The summed E-state index contributed by atoms with van der Waals surface area (Å²) in [6.07, 6.45) is 77.6. The van der Waals surface area contributed by atoms with Crippen molar-refractivity contribution in [3.05, 3.63) is 122 Å². The Morgan fingerprint density at radius 2 is 0.594 bits per heavy atom. The Kier molecular flexibility index (Phi) is 53.0. The first kappa shape index (κ1) is 64.8. The summed E-state index contributed by atoms with van der Waals surface area (Å²) in [6.45, 7) is 6.40. The SMILES string of the molecule is CC/C=C/C/C=C/C/C=C/C/C=C/C/C=C/C/C=C/CCC(=O)OC[C@@H](COC(=O)CCCCCCCCCCCCCCC)OC(=O)CCCCC/C=C/C/C=C/C/C=C/C/C=C/CCCCC. The average molecular weight is 956 g/mol. The summed E-state index contributed by atoms with van der Waals surface area (Å²) < 4.78 is 16.7. The molecule has 0 N–H and O–H groups in total. The van der Waals surface area contributed by atoms with Gasteiger partial charge in [0.05, 0.1) is 0 Å². The molecule has 0 bridgehead atoms. The zero-order valence-corrected chi connectivity index (χ0v) is 44.5. The topological polar surface area (TPSA) is 78.9 Å². The molecule has 0 radical (unpaired) electrons. The highest BCUT2D eigenvalue weighted by Gasteiger charge is 2.19. The summed E-state index contributed by atoms with van der Waals surface area (Å²) in [6, 6.07) is 0. The lowest BCUT2D eigenvalue weighted by Crippen LogP contribution is -2.30. The fourth-order valence-electron chi connectivity index (χ4n) is 7.27. The van der Waals surface area contributed by atoms with Crippen LogP contribution in [0, 0.1) is 0 Å². The fraction of sp³-hybridized carbons (Fsp3) is 0.635. The number of hydrogen-bond donors (Lipinski definition) is 0. The predicted octanol–water partition coefficient (Wildman–Crippen LogP) is 18.9. The molecule has 0 aliphatic carbocycles. The Hall–Kier alpha value is -4.19. The van der Waals surface area contributed by atoms with Gasteiger partial charge in [0.15, 0.2) is 6.10 Å². The van der Waals surface area contributed by atoms with Crippen LogP contribution in [0.25, 0.3) is 0 Å². The van der Waals surface area contributed by atoms with E-state index in [1.807, 2.05) is 12.2 Å². The number of rotatable bonds is 49. The molecule has 0 aromatic heterocycles. The minimum absolute atomic E-state index is 0.116. The van der Waals surface area contributed by atoms with E-state index in [0.717, 1.165) is 96.3 Å². The van der Waals surface area contributed by atoms with E-state index in [9.17, 15) is 14.4 Å². The van der Waals surface area contributed by atoms with E-state index in [-0.39, 0.29) is 44.0 Å². The standard InChI is InChI=1S/C63H102O6/c1-4-7-10-13-16-19-22-25-27-29-31-33-35-38-41-44-47-50-53-56-62(65)68-59-60(58-67-61(64)55-52-49-46-43-40-37-24-21-18-15-12-9-6-3)69-63(66)57-54-51-48-45-42-39-36-34-32-30-28-26-23-20-17-14-11-8-5-2/h7,10,16-17,19-20,25-28,31-34,38-39,41-42,47,50,60H,4-6,8-9,11-15,18,21-24,29-30,35-37,40,43-46,48-49,51-59H2,1-3H3/b10-7+,19-16+,20-17+,27-25+,28-26+,33-31+,34-32+,41-38+,42-39+,50-47+/t60-/m1/s1. The number of esters is 3. The first-order chi connectivity index (χ1) is 34.0. The summed E-state index contributed by atoms with van der Waals surface area (Å²) in [5.41, 5.74) is 0. The molecule has 6 nitrogen and oxygen atoms in total. The van der Waals surface area contributed by atoms with Crippen LogP contribution in [-0.2, 0) is 28.6 Å². The fourth-order valence-corrected chi connectivity index (χ4v) is 7.27. The molecule has 1 atom stereocenters. The summed E-state index contributed by atoms with van der Waals surface area (Å²) in [5, 5.41) is 0. The van der Waals surface area contributed by atoms with Crippen LogP contribution >= 0.6 is 0 Å². The van der Waals surface area contributed by atoms with Gasteiger partial charge in [-0.05, 0) is 103 Å². The molecule has 6 heteroatoms. The number of unbranched alkanes of at least 4 members (excludes halogenated alkanes) is 18. The normalized spacial score (nSPS) is 13.0. The number of carbonyl (C=O) groups excluding carboxylic acids is 3. The maximum absolute atomic E-state index is 12.8. The van der Waals surface area contributed by atoms with Gasteiger partial charge in [-0.25, -0.2) is 0 Å². The zero-order valence-electron chi connectivity index (χ0n) is 44.5. The second kappa shape index (κ2) is 56.4. The van der Waals surface area contributed by atoms with E-state index in [1.54, 1.807) is 0 Å². The Labute approximate surface area is 424 Å². The van der Waals surface area contributed by atoms with Crippen molar-refractivity contribution in [3.63, 3.8) is 0 Å². The Balaban J connectivity index is 4.57. The summed E-state index contributed by atoms with van der Waals surface area (Å²) >= 11 is 0. The van der Waals surface area contributed by atoms with E-state index < -0.39 is 6.10 Å². The van der Waals surface area contributed by atoms with E-state index in [1.165, 1.54) is 89.9 Å². The van der Waals surface area contributed by atoms with Crippen LogP contribution in [0.1, 0.15) is 239 Å². The smallest absolute Gasteiger partial charge is 0.306 e. The van der Waals surface area contributed by atoms with E-state index >= 15 is 0 Å². The molecule has 0 fully saturated rings. The molecule has 390 valence electrons. The number of hydrogen-bond acceptors (Lipinski definition) is 6. The molecule has 0 aromatic rings. The monoisotopic (exact) mass is 955 g/mol. The van der Waals surface area contributed by atoms with Gasteiger partial charge in [0.1, 0.15) is 13.2 Å². The van der Waals surface area contributed by atoms with Crippen molar-refractivity contribution in [3.8, 4) is 0 Å². The van der Waals surface area contributed by atoms with Gasteiger partial charge < -0.3 is 14.2 Å². The van der Waals surface area contributed by atoms with Crippen molar-refractivity contribution >= 4 is 17.9 Å². The number of allylic oxidation sites excluding steroid dienone is 20. The molecule has 0 aliphatic rings. The minimum atomic E-state index is -0.827. The summed E-state index contributed by atoms with van der Waals surface area (Å²) in [7, 11) is 0. The molecule has 0 spiro atoms. The molecule has 0 unspecified atom stereocenters. The van der Waals surface area contributed by atoms with Crippen LogP contribution in [0.4, 0.5) is 0 Å². The second-order valence-corrected chi connectivity index (χ2v) is 18.1. The number of carbonyl (C=O) groups is 3. The van der Waals surface area contributed by atoms with Crippen LogP contribution in [0.5, 0.6) is 0 Å². The van der Waals surface area contributed by atoms with E-state index in [0.29, 0.717) is 19.3 Å². The lowest BCUT2D eigenvalue weighted by molar-refractivity contribution is -0.166. The van der Waals surface area contributed by atoms with Crippen LogP contribution in [-0.4, -0.2) is 37.2 Å². The van der Waals surface area contributed by atoms with Gasteiger partial charge in [-0.3, -0.25) is 14.4 Å². The average Bonchev–Trinajstić information content (AvgIpc) is 3.35. The predicted molar refractivity (Wildman–Crippen MR) is 297 cm³/mol. The molecule has 0 saturated heterocycles. The van der Waals surface area contributed by atoms with Crippen molar-refractivity contribution in [1.29, 1.82) is 0 Å². The molecule has 0 saturated carbocycles. The van der Waals surface area contributed by atoms with Crippen molar-refractivity contribution in [1.82, 2.24) is 0 Å². The first-order valence-corrected chi connectivity index (χ1v) is 28.0. The van der Waals surface area contributed by atoms with Gasteiger partial charge in [-0.1, -0.05) is 239 Å². The van der Waals surface area contributed by atoms with Gasteiger partial charge in [-0.2, -0.15) is 0 Å². The van der Waals surface area contributed by atoms with Crippen LogP contribution in [0.2, 0.25) is 0 Å². The van der Waals surface area contributed by atoms with Crippen molar-refractivity contribution < 1.29 is 28.6 Å². The highest BCUT2D eigenvalue weighted by Crippen LogP contribution is 2.14. The van der Waals surface area contributed by atoms with Gasteiger partial charge >= 0.3 is 17.9 Å². The number of ether oxygens (including phenoxy) is 3. The Morgan fingerprint density at radius 3 is 1.00 bits per heavy atom. The minimum Gasteiger partial charge on any atom is -0.462 e. The van der Waals surface area contributed by atoms with Gasteiger partial charge in [-0.15, -0.1) is 0 Å². The molecular formula is C63H102O6. The van der Waals surface area contributed by atoms with Gasteiger partial charge in [0.2, 0.25) is 0 Å². The molecule has 0 rings (SSSR count). The van der Waals surface area contributed by atoms with Gasteiger partial charge in [0, 0.05) is 19.3 Å². The lowest BCUT2D eigenvalue weighted by Gasteiger charge is -2.18. The maximum Gasteiger partial charge on any atom is 0.306 e. The van der Waals surface area contributed by atoms with Crippen LogP contribution in [0.3, 0.4) is 0 Å². The molecule has 69 heavy (non-hydrogen) atoms. The van der Waals surface area contributed by atoms with Crippen molar-refractivity contribution in [2.75, 3.05) is 13.2 Å². The van der Waals surface area contributed by atoms with Crippen molar-refractivity contribution in [2.24, 2.45) is 0 Å². The third kappa shape index (κ3) is 54.6. The third-order valence-electron chi connectivity index (χ3n) is 11.5. The molecular weight excluding hydrogens is 853 g/mol. The van der Waals surface area contributed by atoms with Gasteiger partial charge in [0.25, 0.3) is 0 Å². The van der Waals surface area contributed by atoms with E-state index in [4.69, 9.17) is 14.2 Å². The summed E-state index contributed by atoms with van der Waals surface area (Å²) in [5.74, 6) is -1.04. The highest BCUT2D eigenvalue weighted by molar-refractivity contribution is 5.71. The van der Waals surface area contributed by atoms with E-state index in [2.05, 4.69) is 130 Å². The molecule has 0 heterocycles. The molecule has 0 amide bonds. The Morgan fingerprint density at radius 1 is 0.304 bits per heavy atom. The lowest BCUT2D eigenvalue weighted by atomic mass is 10.0. The van der Waals surface area contributed by atoms with Crippen LogP contribution < -0.4 is 0 Å². The largest absolute Gasteiger partial charge is 0.462 e. The summed E-state index contributed by atoms with van der Waals surface area (Å²) in [4.78, 5) is 38.1. The Bertz CT molecular complexity index is 1470. The zero-order chi connectivity index (χ0) is 50.0. The van der Waals surface area contributed by atoms with Crippen LogP contribution in [0.15, 0.2) is 122 Å². The maximum atomic E-state index is 12.8. The van der Waals surface area contributed by atoms with Crippen molar-refractivity contribution in [2.45, 2.75) is 245 Å². The molecule has 0 aromatic carbocycles. The highest BCUT2D eigenvalue weighted by atomic mass is 16.6. The second-order valence-electron chi connectivity index (χ2n) is 18.1. The first-order valence-electron chi connectivity index (χ1n) is 28.0. The third-order valence-corrected chi connectivity index (χ3v) is 11.5. The quantitative estimate of drug-likeness (QED) is 0.0262. The molecule has 0 aliphatic heterocycles.